The minimum Gasteiger partial charge on any atom is -0.288 e. The molecule has 6 heteroatoms. The molecule has 2 atom stereocenters. The molecule has 1 aliphatic rings. The van der Waals surface area contributed by atoms with E-state index in [0.29, 0.717) is 4.90 Å². The molecule has 1 aliphatic carbocycles. The predicted octanol–water partition coefficient (Wildman–Crippen LogP) is 6.45. The van der Waals surface area contributed by atoms with Gasteiger partial charge >= 0.3 is 0 Å². The molecule has 212 valence electrons. The van der Waals surface area contributed by atoms with Gasteiger partial charge < -0.3 is 0 Å². The molecule has 0 spiro atoms. The molecule has 0 amide bonds. The zero-order valence-electron chi connectivity index (χ0n) is 24.1. The summed E-state index contributed by atoms with van der Waals surface area (Å²) in [4.78, 5) is 5.35. The van der Waals surface area contributed by atoms with Gasteiger partial charge in [0, 0.05) is 17.8 Å². The number of sulfonamides is 1. The number of hydrogen-bond donors (Lipinski definition) is 1. The van der Waals surface area contributed by atoms with Gasteiger partial charge in [-0.3, -0.25) is 4.99 Å². The third-order valence-electron chi connectivity index (χ3n) is 7.68. The van der Waals surface area contributed by atoms with E-state index in [9.17, 15) is 8.42 Å². The number of hydrogen-bond acceptors (Lipinski definition) is 3. The van der Waals surface area contributed by atoms with Gasteiger partial charge in [-0.25, -0.2) is 13.1 Å². The van der Waals surface area contributed by atoms with Crippen LogP contribution in [0.25, 0.3) is 0 Å². The molecule has 0 aromatic heterocycles. The number of nitrogens with one attached hydrogen (secondary N) is 1. The first kappa shape index (κ1) is 29.4. The summed E-state index contributed by atoms with van der Waals surface area (Å²) in [6.45, 7) is 6.38. The predicted molar refractivity (Wildman–Crippen MR) is 174 cm³/mol. The first-order chi connectivity index (χ1) is 19.7. The third-order valence-corrected chi connectivity index (χ3v) is 11.7. The zero-order chi connectivity index (χ0) is 28.9. The van der Waals surface area contributed by atoms with E-state index in [2.05, 4.69) is 110 Å². The molecule has 1 fully saturated rings. The van der Waals surface area contributed by atoms with Crippen LogP contribution in [0, 0.1) is 0 Å². The maximum Gasteiger partial charge on any atom is 0.240 e. The Morgan fingerprint density at radius 2 is 1.32 bits per heavy atom. The molecule has 0 radical (unpaired) electrons. The summed E-state index contributed by atoms with van der Waals surface area (Å²) in [6.07, 6.45) is 5.66. The maximum atomic E-state index is 13.4. The Kier molecular flexibility index (Phi) is 9.19. The molecule has 0 saturated heterocycles. The summed E-state index contributed by atoms with van der Waals surface area (Å²) in [5.74, 6) is 0. The lowest BCUT2D eigenvalue weighted by molar-refractivity contribution is 0.363. The Hall–Kier alpha value is -3.11. The van der Waals surface area contributed by atoms with Crippen molar-refractivity contribution >= 4 is 40.1 Å². The Balaban J connectivity index is 1.41. The summed E-state index contributed by atoms with van der Waals surface area (Å²) in [6, 6.07) is 36.7. The molecular formula is C35H39N2O2PS. The van der Waals surface area contributed by atoms with E-state index in [4.69, 9.17) is 4.99 Å². The van der Waals surface area contributed by atoms with Gasteiger partial charge in [0.25, 0.3) is 0 Å². The first-order valence-electron chi connectivity index (χ1n) is 14.4. The van der Waals surface area contributed by atoms with Crippen LogP contribution < -0.4 is 20.6 Å². The average molecular weight is 583 g/mol. The van der Waals surface area contributed by atoms with Crippen LogP contribution in [0.1, 0.15) is 57.6 Å². The van der Waals surface area contributed by atoms with Gasteiger partial charge in [0.2, 0.25) is 10.0 Å². The summed E-state index contributed by atoms with van der Waals surface area (Å²) in [7, 11) is -4.43. The van der Waals surface area contributed by atoms with Crippen LogP contribution in [0.3, 0.4) is 0 Å². The normalized spacial score (nSPS) is 18.1. The fraction of sp³-hybridized carbons (Fsp3) is 0.286. The van der Waals surface area contributed by atoms with Crippen LogP contribution >= 0.6 is 7.92 Å². The minimum absolute atomic E-state index is 0.0312. The highest BCUT2D eigenvalue weighted by Crippen LogP contribution is 2.34. The molecule has 1 saturated carbocycles. The van der Waals surface area contributed by atoms with Crippen molar-refractivity contribution in [1.82, 2.24) is 4.72 Å². The molecule has 4 aromatic rings. The molecule has 4 aromatic carbocycles. The SMILES string of the molecule is CC(C)(C)c1ccc(S(=O)(=O)N[C@@H]2CCCC[C@H]2N=Cc2ccccc2P(c2ccccc2)c2ccccc2)cc1. The van der Waals surface area contributed by atoms with Crippen LogP contribution in [0.2, 0.25) is 0 Å². The number of aliphatic imine (C=N–C) groups is 1. The highest BCUT2D eigenvalue weighted by atomic mass is 32.2. The summed E-state index contributed by atoms with van der Waals surface area (Å²) in [5.41, 5.74) is 2.16. The van der Waals surface area contributed by atoms with Crippen LogP contribution in [-0.4, -0.2) is 26.7 Å². The van der Waals surface area contributed by atoms with E-state index < -0.39 is 17.9 Å². The van der Waals surface area contributed by atoms with Gasteiger partial charge in [0.1, 0.15) is 0 Å². The molecule has 1 N–H and O–H groups in total. The lowest BCUT2D eigenvalue weighted by Gasteiger charge is -2.29. The Bertz CT molecular complexity index is 1520. The van der Waals surface area contributed by atoms with Crippen molar-refractivity contribution in [2.24, 2.45) is 4.99 Å². The molecule has 0 bridgehead atoms. The number of rotatable bonds is 8. The van der Waals surface area contributed by atoms with Crippen molar-refractivity contribution in [3.8, 4) is 0 Å². The lowest BCUT2D eigenvalue weighted by atomic mass is 9.87. The van der Waals surface area contributed by atoms with Gasteiger partial charge in [-0.1, -0.05) is 131 Å². The zero-order valence-corrected chi connectivity index (χ0v) is 25.8. The third kappa shape index (κ3) is 7.22. The lowest BCUT2D eigenvalue weighted by Crippen LogP contribution is -2.44. The van der Waals surface area contributed by atoms with Crippen molar-refractivity contribution in [3.63, 3.8) is 0 Å². The van der Waals surface area contributed by atoms with E-state index in [-0.39, 0.29) is 17.5 Å². The van der Waals surface area contributed by atoms with E-state index in [1.165, 1.54) is 15.9 Å². The molecule has 0 heterocycles. The van der Waals surface area contributed by atoms with Gasteiger partial charge in [0.15, 0.2) is 0 Å². The molecule has 0 aliphatic heterocycles. The number of nitrogens with zero attached hydrogens (tertiary/aromatic N) is 1. The molecule has 5 rings (SSSR count). The summed E-state index contributed by atoms with van der Waals surface area (Å²) >= 11 is 0. The highest BCUT2D eigenvalue weighted by molar-refractivity contribution is 7.89. The van der Waals surface area contributed by atoms with E-state index in [0.717, 1.165) is 36.8 Å². The standard InChI is InChI=1S/C35H39N2O2PS/c1-35(2,3)28-22-24-31(25-23-28)41(38,39)37-33-20-12-11-19-32(33)36-26-27-14-10-13-21-34(27)40(29-15-6-4-7-16-29)30-17-8-5-9-18-30/h4-10,13-18,21-26,32-33,37H,11-12,19-20H2,1-3H3/t32-,33-/m1/s1. The smallest absolute Gasteiger partial charge is 0.240 e. The van der Waals surface area contributed by atoms with Gasteiger partial charge in [-0.05, 0) is 59.8 Å². The van der Waals surface area contributed by atoms with Gasteiger partial charge in [0.05, 0.1) is 10.9 Å². The Morgan fingerprint density at radius 1 is 0.756 bits per heavy atom. The van der Waals surface area contributed by atoms with Gasteiger partial charge in [-0.2, -0.15) is 0 Å². The van der Waals surface area contributed by atoms with E-state index in [1.807, 2.05) is 18.3 Å². The van der Waals surface area contributed by atoms with Crippen LogP contribution in [0.5, 0.6) is 0 Å². The van der Waals surface area contributed by atoms with Crippen molar-refractivity contribution in [2.75, 3.05) is 0 Å². The average Bonchev–Trinajstić information content (AvgIpc) is 2.98. The Labute approximate surface area is 246 Å². The molecular weight excluding hydrogens is 543 g/mol. The molecule has 41 heavy (non-hydrogen) atoms. The summed E-state index contributed by atoms with van der Waals surface area (Å²) < 4.78 is 29.8. The summed E-state index contributed by atoms with van der Waals surface area (Å²) in [5, 5.41) is 3.82. The maximum absolute atomic E-state index is 13.4. The fourth-order valence-corrected chi connectivity index (χ4v) is 9.11. The van der Waals surface area contributed by atoms with Crippen LogP contribution in [-0.2, 0) is 15.4 Å². The minimum atomic E-state index is -3.65. The second kappa shape index (κ2) is 12.8. The topological polar surface area (TPSA) is 58.5 Å². The quantitative estimate of drug-likeness (QED) is 0.192. The molecule has 0 unspecified atom stereocenters. The van der Waals surface area contributed by atoms with Crippen LogP contribution in [0.15, 0.2) is 119 Å². The van der Waals surface area contributed by atoms with E-state index in [1.54, 1.807) is 12.1 Å². The monoisotopic (exact) mass is 582 g/mol. The van der Waals surface area contributed by atoms with E-state index >= 15 is 0 Å². The fourth-order valence-electron chi connectivity index (χ4n) is 5.39. The highest BCUT2D eigenvalue weighted by Gasteiger charge is 2.29. The van der Waals surface area contributed by atoms with Gasteiger partial charge in [-0.15, -0.1) is 0 Å². The van der Waals surface area contributed by atoms with Crippen LogP contribution in [0.4, 0.5) is 0 Å². The van der Waals surface area contributed by atoms with Crippen molar-refractivity contribution in [3.05, 3.63) is 120 Å². The molecule has 4 nitrogen and oxygen atoms in total. The number of benzene rings is 4. The Morgan fingerprint density at radius 3 is 1.93 bits per heavy atom. The largest absolute Gasteiger partial charge is 0.288 e. The first-order valence-corrected chi connectivity index (χ1v) is 17.2. The van der Waals surface area contributed by atoms with Crippen molar-refractivity contribution < 1.29 is 8.42 Å². The van der Waals surface area contributed by atoms with Crippen molar-refractivity contribution in [2.45, 2.75) is 68.8 Å². The second-order valence-electron chi connectivity index (χ2n) is 11.7. The second-order valence-corrected chi connectivity index (χ2v) is 15.6. The van der Waals surface area contributed by atoms with Crippen molar-refractivity contribution in [1.29, 1.82) is 0 Å².